The average molecular weight is 408 g/mol. The summed E-state index contributed by atoms with van der Waals surface area (Å²) in [5.74, 6) is 0.650. The van der Waals surface area contributed by atoms with Crippen molar-refractivity contribution in [2.24, 2.45) is 0 Å². The Bertz CT molecular complexity index is 1140. The number of hydrogen-bond acceptors (Lipinski definition) is 5. The van der Waals surface area contributed by atoms with Crippen molar-refractivity contribution in [3.05, 3.63) is 36.4 Å². The van der Waals surface area contributed by atoms with Gasteiger partial charge in [-0.3, -0.25) is 4.68 Å². The molecule has 148 valence electrons. The number of nitriles is 2. The SMILES string of the molecule is CCCCS(=O)N1CC(CC#N)(n2cc(-c3c(C#N)cnc4[nH]ccc34)cn2)C1. The van der Waals surface area contributed by atoms with Gasteiger partial charge in [-0.15, -0.1) is 0 Å². The summed E-state index contributed by atoms with van der Waals surface area (Å²) in [5, 5.41) is 24.3. The van der Waals surface area contributed by atoms with Crippen LogP contribution in [-0.4, -0.2) is 47.1 Å². The molecule has 0 saturated carbocycles. The molecular weight excluding hydrogens is 386 g/mol. The molecule has 1 N–H and O–H groups in total. The third kappa shape index (κ3) is 3.33. The molecule has 1 aliphatic rings. The Morgan fingerprint density at radius 1 is 1.34 bits per heavy atom. The minimum Gasteiger partial charge on any atom is -0.346 e. The minimum atomic E-state index is -1.02. The summed E-state index contributed by atoms with van der Waals surface area (Å²) in [7, 11) is -1.02. The van der Waals surface area contributed by atoms with Gasteiger partial charge in [-0.1, -0.05) is 13.3 Å². The van der Waals surface area contributed by atoms with Crippen molar-refractivity contribution in [2.75, 3.05) is 18.8 Å². The number of aromatic amines is 1. The first-order valence-corrected chi connectivity index (χ1v) is 10.8. The zero-order valence-corrected chi connectivity index (χ0v) is 16.9. The van der Waals surface area contributed by atoms with Gasteiger partial charge in [0.15, 0.2) is 0 Å². The number of nitrogens with one attached hydrogen (secondary N) is 1. The van der Waals surface area contributed by atoms with Crippen LogP contribution in [0.15, 0.2) is 30.9 Å². The van der Waals surface area contributed by atoms with Crippen molar-refractivity contribution in [2.45, 2.75) is 31.7 Å². The molecule has 1 unspecified atom stereocenters. The summed E-state index contributed by atoms with van der Waals surface area (Å²) in [5.41, 5.74) is 2.27. The van der Waals surface area contributed by atoms with Crippen LogP contribution >= 0.6 is 0 Å². The standard InChI is InChI=1S/C20H21N7OS/c1-2-3-8-29(28)26-13-20(14-26,5-6-21)27-12-16(11-25-27)18-15(9-22)10-24-19-17(18)4-7-23-19/h4,7,10-12H,2-3,5,8,13-14H2,1H3,(H,23,24). The summed E-state index contributed by atoms with van der Waals surface area (Å²) >= 11 is 0. The predicted molar refractivity (Wildman–Crippen MR) is 110 cm³/mol. The molecule has 0 bridgehead atoms. The second-order valence-electron chi connectivity index (χ2n) is 7.31. The molecule has 0 amide bonds. The van der Waals surface area contributed by atoms with E-state index in [2.05, 4.69) is 34.1 Å². The van der Waals surface area contributed by atoms with Gasteiger partial charge in [-0.2, -0.15) is 15.6 Å². The highest BCUT2D eigenvalue weighted by Gasteiger charge is 2.47. The van der Waals surface area contributed by atoms with Crippen molar-refractivity contribution in [1.82, 2.24) is 24.1 Å². The number of fused-ring (bicyclic) bond motifs is 1. The fraction of sp³-hybridized carbons (Fsp3) is 0.400. The maximum atomic E-state index is 12.4. The molecule has 3 aromatic heterocycles. The Morgan fingerprint density at radius 3 is 2.90 bits per heavy atom. The molecular formula is C20H21N7OS. The Morgan fingerprint density at radius 2 is 2.17 bits per heavy atom. The normalized spacial score (nSPS) is 16.8. The van der Waals surface area contributed by atoms with Crippen LogP contribution in [0.4, 0.5) is 0 Å². The van der Waals surface area contributed by atoms with Gasteiger partial charge >= 0.3 is 0 Å². The largest absolute Gasteiger partial charge is 0.346 e. The van der Waals surface area contributed by atoms with Gasteiger partial charge in [-0.05, 0) is 12.5 Å². The lowest BCUT2D eigenvalue weighted by atomic mass is 9.89. The Hall–Kier alpha value is -3.01. The van der Waals surface area contributed by atoms with Crippen molar-refractivity contribution in [1.29, 1.82) is 10.5 Å². The van der Waals surface area contributed by atoms with Gasteiger partial charge < -0.3 is 4.98 Å². The molecule has 1 atom stereocenters. The smallest absolute Gasteiger partial charge is 0.137 e. The monoisotopic (exact) mass is 407 g/mol. The molecule has 4 heterocycles. The number of pyridine rings is 1. The molecule has 0 radical (unpaired) electrons. The van der Waals surface area contributed by atoms with Gasteiger partial charge in [0.25, 0.3) is 0 Å². The van der Waals surface area contributed by atoms with E-state index < -0.39 is 16.5 Å². The maximum absolute atomic E-state index is 12.4. The first-order valence-electron chi connectivity index (χ1n) is 9.54. The predicted octanol–water partition coefficient (Wildman–Crippen LogP) is 2.69. The zero-order valence-electron chi connectivity index (χ0n) is 16.1. The lowest BCUT2D eigenvalue weighted by Gasteiger charge is -2.47. The van der Waals surface area contributed by atoms with Crippen LogP contribution < -0.4 is 0 Å². The summed E-state index contributed by atoms with van der Waals surface area (Å²) in [6.45, 7) is 3.13. The molecule has 0 aliphatic carbocycles. The topological polar surface area (TPSA) is 114 Å². The molecule has 29 heavy (non-hydrogen) atoms. The minimum absolute atomic E-state index is 0.288. The molecule has 3 aromatic rings. The molecule has 1 aliphatic heterocycles. The van der Waals surface area contributed by atoms with Crippen LogP contribution in [0.2, 0.25) is 0 Å². The van der Waals surface area contributed by atoms with Crippen LogP contribution in [0.3, 0.4) is 0 Å². The van der Waals surface area contributed by atoms with E-state index in [-0.39, 0.29) is 6.42 Å². The first kappa shape index (κ1) is 19.3. The van der Waals surface area contributed by atoms with E-state index >= 15 is 0 Å². The van der Waals surface area contributed by atoms with Gasteiger partial charge in [0, 0.05) is 53.9 Å². The van der Waals surface area contributed by atoms with Gasteiger partial charge in [0.1, 0.15) is 17.3 Å². The summed E-state index contributed by atoms with van der Waals surface area (Å²) in [4.78, 5) is 7.34. The highest BCUT2D eigenvalue weighted by Crippen LogP contribution is 2.36. The summed E-state index contributed by atoms with van der Waals surface area (Å²) < 4.78 is 16.1. The van der Waals surface area contributed by atoms with Crippen LogP contribution in [0.25, 0.3) is 22.2 Å². The fourth-order valence-corrected chi connectivity index (χ4v) is 5.31. The Balaban J connectivity index is 1.65. The molecule has 0 aromatic carbocycles. The van der Waals surface area contributed by atoms with Crippen molar-refractivity contribution in [3.8, 4) is 23.3 Å². The van der Waals surface area contributed by atoms with E-state index in [4.69, 9.17) is 0 Å². The Labute approximate surface area is 171 Å². The van der Waals surface area contributed by atoms with Crippen LogP contribution in [0.1, 0.15) is 31.7 Å². The highest BCUT2D eigenvalue weighted by molar-refractivity contribution is 7.82. The quantitative estimate of drug-likeness (QED) is 0.647. The molecule has 4 rings (SSSR count). The summed E-state index contributed by atoms with van der Waals surface area (Å²) in [6, 6.07) is 6.35. The average Bonchev–Trinajstić information content (AvgIpc) is 3.37. The van der Waals surface area contributed by atoms with Gasteiger partial charge in [0.05, 0.1) is 35.2 Å². The van der Waals surface area contributed by atoms with Crippen LogP contribution in [0.5, 0.6) is 0 Å². The number of hydrogen-bond donors (Lipinski definition) is 1. The van der Waals surface area contributed by atoms with Gasteiger partial charge in [-0.25, -0.2) is 13.5 Å². The molecule has 9 heteroatoms. The third-order valence-electron chi connectivity index (χ3n) is 5.37. The molecule has 1 fully saturated rings. The highest BCUT2D eigenvalue weighted by atomic mass is 32.2. The van der Waals surface area contributed by atoms with E-state index in [0.29, 0.717) is 30.1 Å². The lowest BCUT2D eigenvalue weighted by molar-refractivity contribution is 0.0764. The molecule has 8 nitrogen and oxygen atoms in total. The van der Waals surface area contributed by atoms with Gasteiger partial charge in [0.2, 0.25) is 0 Å². The van der Waals surface area contributed by atoms with E-state index in [0.717, 1.165) is 29.4 Å². The van der Waals surface area contributed by atoms with Crippen LogP contribution in [-0.2, 0) is 16.5 Å². The second-order valence-corrected chi connectivity index (χ2v) is 8.88. The second kappa shape index (κ2) is 7.78. The zero-order chi connectivity index (χ0) is 20.4. The molecule has 0 spiro atoms. The van der Waals surface area contributed by atoms with Crippen molar-refractivity contribution < 1.29 is 4.21 Å². The van der Waals surface area contributed by atoms with Crippen LogP contribution in [0, 0.1) is 22.7 Å². The number of H-pyrrole nitrogens is 1. The van der Waals surface area contributed by atoms with E-state index in [1.165, 1.54) is 0 Å². The van der Waals surface area contributed by atoms with E-state index in [1.54, 1.807) is 23.3 Å². The van der Waals surface area contributed by atoms with Crippen molar-refractivity contribution >= 4 is 22.0 Å². The first-order chi connectivity index (χ1) is 14.1. The molecule has 1 saturated heterocycles. The number of aromatic nitrogens is 4. The van der Waals surface area contributed by atoms with E-state index in [9.17, 15) is 14.7 Å². The maximum Gasteiger partial charge on any atom is 0.137 e. The fourth-order valence-electron chi connectivity index (χ4n) is 3.75. The summed E-state index contributed by atoms with van der Waals surface area (Å²) in [6.07, 6.45) is 9.16. The third-order valence-corrected chi connectivity index (χ3v) is 6.85. The number of rotatable bonds is 7. The number of unbranched alkanes of at least 4 members (excludes halogenated alkanes) is 1. The number of nitrogens with zero attached hydrogens (tertiary/aromatic N) is 6. The van der Waals surface area contributed by atoms with Crippen molar-refractivity contribution in [3.63, 3.8) is 0 Å². The Kier molecular flexibility index (Phi) is 5.18. The lowest BCUT2D eigenvalue weighted by Crippen LogP contribution is -2.63. The van der Waals surface area contributed by atoms with E-state index in [1.807, 2.05) is 16.6 Å².